The lowest BCUT2D eigenvalue weighted by molar-refractivity contribution is 0.0418. The Labute approximate surface area is 108 Å². The van der Waals surface area contributed by atoms with Gasteiger partial charge >= 0.3 is 5.97 Å². The second-order valence-corrected chi connectivity index (χ2v) is 5.26. The zero-order chi connectivity index (χ0) is 12.4. The lowest BCUT2D eigenvalue weighted by atomic mass is 9.99. The van der Waals surface area contributed by atoms with E-state index in [4.69, 9.17) is 4.74 Å². The normalized spacial score (nSPS) is 27.1. The van der Waals surface area contributed by atoms with Crippen LogP contribution in [0.5, 0.6) is 0 Å². The summed E-state index contributed by atoms with van der Waals surface area (Å²) >= 11 is 0. The Kier molecular flexibility index (Phi) is 3.33. The number of nitrogens with zero attached hydrogens (tertiary/aromatic N) is 1. The van der Waals surface area contributed by atoms with Gasteiger partial charge in [-0.2, -0.15) is 0 Å². The summed E-state index contributed by atoms with van der Waals surface area (Å²) in [5.74, 6) is 0.354. The average molecular weight is 245 g/mol. The van der Waals surface area contributed by atoms with Crippen LogP contribution in [0.2, 0.25) is 0 Å². The molecule has 0 aromatic heterocycles. The molecule has 1 aromatic rings. The Hall–Kier alpha value is -1.35. The van der Waals surface area contributed by atoms with Gasteiger partial charge in [-0.25, -0.2) is 4.79 Å². The summed E-state index contributed by atoms with van der Waals surface area (Å²) in [6.07, 6.45) is 3.74. The van der Waals surface area contributed by atoms with Crippen molar-refractivity contribution in [2.24, 2.45) is 5.92 Å². The van der Waals surface area contributed by atoms with Crippen molar-refractivity contribution in [3.63, 3.8) is 0 Å². The van der Waals surface area contributed by atoms with Gasteiger partial charge < -0.3 is 4.74 Å². The molecule has 0 radical (unpaired) electrons. The van der Waals surface area contributed by atoms with E-state index in [1.165, 1.54) is 32.4 Å². The highest BCUT2D eigenvalue weighted by molar-refractivity contribution is 5.89. The fourth-order valence-corrected chi connectivity index (χ4v) is 3.22. The van der Waals surface area contributed by atoms with E-state index in [0.29, 0.717) is 24.1 Å². The molecule has 2 fully saturated rings. The van der Waals surface area contributed by atoms with Crippen LogP contribution in [-0.4, -0.2) is 36.6 Å². The van der Waals surface area contributed by atoms with E-state index in [0.717, 1.165) is 0 Å². The summed E-state index contributed by atoms with van der Waals surface area (Å²) in [5.41, 5.74) is 0.652. The summed E-state index contributed by atoms with van der Waals surface area (Å²) in [6.45, 7) is 2.99. The van der Waals surface area contributed by atoms with Crippen LogP contribution in [0, 0.1) is 5.92 Å². The van der Waals surface area contributed by atoms with Crippen LogP contribution in [0.15, 0.2) is 30.3 Å². The van der Waals surface area contributed by atoms with E-state index < -0.39 is 0 Å². The second kappa shape index (κ2) is 5.11. The molecule has 0 bridgehead atoms. The van der Waals surface area contributed by atoms with E-state index in [1.807, 2.05) is 18.2 Å². The van der Waals surface area contributed by atoms with Crippen LogP contribution in [0.3, 0.4) is 0 Å². The van der Waals surface area contributed by atoms with Crippen LogP contribution in [0.4, 0.5) is 0 Å². The third-order valence-corrected chi connectivity index (χ3v) is 4.18. The van der Waals surface area contributed by atoms with Gasteiger partial charge in [0.2, 0.25) is 0 Å². The average Bonchev–Trinajstić information content (AvgIpc) is 3.00. The number of rotatable bonds is 3. The first-order valence-electron chi connectivity index (χ1n) is 6.81. The molecule has 2 heterocycles. The molecule has 0 saturated carbocycles. The predicted octanol–water partition coefficient (Wildman–Crippen LogP) is 2.33. The zero-order valence-corrected chi connectivity index (χ0v) is 10.5. The van der Waals surface area contributed by atoms with Gasteiger partial charge in [0.1, 0.15) is 0 Å². The number of carbonyl (C=O) groups is 1. The van der Waals surface area contributed by atoms with Gasteiger partial charge in [-0.05, 0) is 44.5 Å². The van der Waals surface area contributed by atoms with Gasteiger partial charge in [0.05, 0.1) is 12.2 Å². The van der Waals surface area contributed by atoms with Gasteiger partial charge in [-0.3, -0.25) is 4.90 Å². The molecule has 0 spiro atoms. The van der Waals surface area contributed by atoms with Gasteiger partial charge in [-0.15, -0.1) is 0 Å². The van der Waals surface area contributed by atoms with Crippen molar-refractivity contribution >= 4 is 5.97 Å². The van der Waals surface area contributed by atoms with E-state index in [-0.39, 0.29) is 5.97 Å². The highest BCUT2D eigenvalue weighted by Crippen LogP contribution is 2.32. The van der Waals surface area contributed by atoms with Gasteiger partial charge in [0, 0.05) is 12.0 Å². The van der Waals surface area contributed by atoms with E-state index in [9.17, 15) is 4.79 Å². The topological polar surface area (TPSA) is 29.5 Å². The molecule has 2 aliphatic heterocycles. The molecule has 0 amide bonds. The van der Waals surface area contributed by atoms with Crippen LogP contribution < -0.4 is 0 Å². The molecule has 3 nitrogen and oxygen atoms in total. The first-order valence-corrected chi connectivity index (χ1v) is 6.81. The van der Waals surface area contributed by atoms with Gasteiger partial charge in [-0.1, -0.05) is 18.2 Å². The molecule has 0 N–H and O–H groups in total. The smallest absolute Gasteiger partial charge is 0.338 e. The van der Waals surface area contributed by atoms with Crippen molar-refractivity contribution in [1.29, 1.82) is 0 Å². The maximum absolute atomic E-state index is 11.9. The number of benzene rings is 1. The fourth-order valence-electron chi connectivity index (χ4n) is 3.22. The van der Waals surface area contributed by atoms with Crippen LogP contribution in [0.1, 0.15) is 29.6 Å². The van der Waals surface area contributed by atoms with Crippen molar-refractivity contribution in [2.75, 3.05) is 19.7 Å². The molecular weight excluding hydrogens is 226 g/mol. The maximum Gasteiger partial charge on any atom is 0.338 e. The zero-order valence-electron chi connectivity index (χ0n) is 10.5. The molecule has 3 rings (SSSR count). The number of hydrogen-bond donors (Lipinski definition) is 0. The molecular formula is C15H19NO2. The number of carbonyl (C=O) groups excluding carboxylic acids is 1. The summed E-state index contributed by atoms with van der Waals surface area (Å²) < 4.78 is 5.45. The summed E-state index contributed by atoms with van der Waals surface area (Å²) in [5, 5.41) is 0. The lowest BCUT2D eigenvalue weighted by Crippen LogP contribution is -2.28. The van der Waals surface area contributed by atoms with Crippen molar-refractivity contribution in [3.8, 4) is 0 Å². The van der Waals surface area contributed by atoms with E-state index >= 15 is 0 Å². The quantitative estimate of drug-likeness (QED) is 0.765. The minimum Gasteiger partial charge on any atom is -0.462 e. The van der Waals surface area contributed by atoms with Gasteiger partial charge in [0.15, 0.2) is 0 Å². The molecule has 1 aromatic carbocycles. The monoisotopic (exact) mass is 245 g/mol. The molecule has 2 saturated heterocycles. The maximum atomic E-state index is 11.9. The van der Waals surface area contributed by atoms with Crippen LogP contribution in [-0.2, 0) is 4.74 Å². The Balaban J connectivity index is 1.54. The summed E-state index contributed by atoms with van der Waals surface area (Å²) in [6, 6.07) is 9.91. The molecule has 18 heavy (non-hydrogen) atoms. The highest BCUT2D eigenvalue weighted by atomic mass is 16.5. The molecule has 3 heteroatoms. The number of esters is 1. The first kappa shape index (κ1) is 11.7. The summed E-state index contributed by atoms with van der Waals surface area (Å²) in [4.78, 5) is 14.4. The van der Waals surface area contributed by atoms with Crippen LogP contribution >= 0.6 is 0 Å². The standard InChI is InChI=1S/C15H19NO2/c17-15(12-5-2-1-3-6-12)18-11-13-8-10-16-9-4-7-14(13)16/h1-3,5-6,13-14H,4,7-11H2. The van der Waals surface area contributed by atoms with Crippen molar-refractivity contribution < 1.29 is 9.53 Å². The predicted molar refractivity (Wildman–Crippen MR) is 69.4 cm³/mol. The van der Waals surface area contributed by atoms with Crippen LogP contribution in [0.25, 0.3) is 0 Å². The minimum atomic E-state index is -0.188. The third kappa shape index (κ3) is 2.27. The largest absolute Gasteiger partial charge is 0.462 e. The van der Waals surface area contributed by atoms with Gasteiger partial charge in [0.25, 0.3) is 0 Å². The Morgan fingerprint density at radius 2 is 2.06 bits per heavy atom. The molecule has 0 aliphatic carbocycles. The molecule has 2 atom stereocenters. The molecule has 2 aliphatic rings. The van der Waals surface area contributed by atoms with Crippen molar-refractivity contribution in [2.45, 2.75) is 25.3 Å². The highest BCUT2D eigenvalue weighted by Gasteiger charge is 2.37. The minimum absolute atomic E-state index is 0.188. The van der Waals surface area contributed by atoms with E-state index in [2.05, 4.69) is 4.90 Å². The summed E-state index contributed by atoms with van der Waals surface area (Å²) in [7, 11) is 0. The van der Waals surface area contributed by atoms with Crippen molar-refractivity contribution in [3.05, 3.63) is 35.9 Å². The molecule has 96 valence electrons. The Morgan fingerprint density at radius 1 is 1.22 bits per heavy atom. The Bertz CT molecular complexity index is 418. The van der Waals surface area contributed by atoms with Crippen molar-refractivity contribution in [1.82, 2.24) is 4.90 Å². The Morgan fingerprint density at radius 3 is 2.89 bits per heavy atom. The third-order valence-electron chi connectivity index (χ3n) is 4.18. The van der Waals surface area contributed by atoms with E-state index in [1.54, 1.807) is 12.1 Å². The first-order chi connectivity index (χ1) is 8.84. The SMILES string of the molecule is O=C(OCC1CCN2CCCC12)c1ccccc1. The second-order valence-electron chi connectivity index (χ2n) is 5.26. The number of hydrogen-bond acceptors (Lipinski definition) is 3. The number of fused-ring (bicyclic) bond motifs is 1. The number of ether oxygens (including phenoxy) is 1. The lowest BCUT2D eigenvalue weighted by Gasteiger charge is -2.19. The fraction of sp³-hybridized carbons (Fsp3) is 0.533. The molecule has 2 unspecified atom stereocenters.